The van der Waals surface area contributed by atoms with E-state index in [-0.39, 0.29) is 5.75 Å². The van der Waals surface area contributed by atoms with Crippen molar-refractivity contribution >= 4 is 9.84 Å². The van der Waals surface area contributed by atoms with E-state index in [1.807, 2.05) is 0 Å². The van der Waals surface area contributed by atoms with Crippen molar-refractivity contribution in [3.8, 4) is 0 Å². The quantitative estimate of drug-likeness (QED) is 0.620. The summed E-state index contributed by atoms with van der Waals surface area (Å²) in [5.41, 5.74) is 0. The molecule has 0 aromatic carbocycles. The lowest BCUT2D eigenvalue weighted by Crippen LogP contribution is -2.22. The van der Waals surface area contributed by atoms with E-state index < -0.39 is 9.84 Å². The largest absolute Gasteiger partial charge is 0.316 e. The Morgan fingerprint density at radius 1 is 1.27 bits per heavy atom. The van der Waals surface area contributed by atoms with E-state index in [9.17, 15) is 8.42 Å². The highest BCUT2D eigenvalue weighted by Gasteiger charge is 2.08. The number of hydrogen-bond acceptors (Lipinski definition) is 3. The zero-order chi connectivity index (χ0) is 11.7. The Bertz CT molecular complexity index is 237. The molecule has 1 N–H and O–H groups in total. The fraction of sp³-hybridized carbons (Fsp3) is 1.00. The number of rotatable bonds is 9. The Kier molecular flexibility index (Phi) is 8.06. The number of hydrogen-bond donors (Lipinski definition) is 1. The van der Waals surface area contributed by atoms with Gasteiger partial charge >= 0.3 is 0 Å². The summed E-state index contributed by atoms with van der Waals surface area (Å²) in [5.74, 6) is 1.19. The fourth-order valence-electron chi connectivity index (χ4n) is 1.42. The molecule has 3 nitrogen and oxygen atoms in total. The lowest BCUT2D eigenvalue weighted by molar-refractivity contribution is 0.475. The van der Waals surface area contributed by atoms with Crippen molar-refractivity contribution < 1.29 is 8.42 Å². The second-order valence-electron chi connectivity index (χ2n) is 4.19. The van der Waals surface area contributed by atoms with Crippen molar-refractivity contribution in [1.29, 1.82) is 0 Å². The van der Waals surface area contributed by atoms with Crippen LogP contribution in [0, 0.1) is 5.92 Å². The van der Waals surface area contributed by atoms with Crippen LogP contribution in [0.25, 0.3) is 0 Å². The summed E-state index contributed by atoms with van der Waals surface area (Å²) in [6.45, 7) is 8.08. The van der Waals surface area contributed by atoms with Crippen LogP contribution >= 0.6 is 0 Å². The van der Waals surface area contributed by atoms with E-state index in [0.717, 1.165) is 32.4 Å². The molecule has 0 rings (SSSR count). The molecule has 0 amide bonds. The molecule has 1 unspecified atom stereocenters. The molecule has 0 aromatic heterocycles. The van der Waals surface area contributed by atoms with E-state index in [4.69, 9.17) is 0 Å². The van der Waals surface area contributed by atoms with Crippen LogP contribution in [0.1, 0.15) is 40.0 Å². The molecule has 0 saturated carbocycles. The van der Waals surface area contributed by atoms with Crippen LogP contribution in [0.3, 0.4) is 0 Å². The van der Waals surface area contributed by atoms with Crippen molar-refractivity contribution in [3.05, 3.63) is 0 Å². The van der Waals surface area contributed by atoms with Crippen LogP contribution in [-0.4, -0.2) is 33.0 Å². The monoisotopic (exact) mass is 235 g/mol. The molecule has 0 bridgehead atoms. The first kappa shape index (κ1) is 14.9. The maximum Gasteiger partial charge on any atom is 0.150 e. The number of nitrogens with one attached hydrogen (secondary N) is 1. The van der Waals surface area contributed by atoms with Crippen molar-refractivity contribution in [3.63, 3.8) is 0 Å². The molecule has 0 aliphatic carbocycles. The van der Waals surface area contributed by atoms with Crippen LogP contribution < -0.4 is 5.32 Å². The minimum Gasteiger partial charge on any atom is -0.316 e. The van der Waals surface area contributed by atoms with Gasteiger partial charge in [-0.05, 0) is 38.3 Å². The first-order valence-corrected chi connectivity index (χ1v) is 7.75. The third-order valence-corrected chi connectivity index (χ3v) is 4.30. The van der Waals surface area contributed by atoms with Crippen molar-refractivity contribution in [2.75, 3.05) is 24.6 Å². The van der Waals surface area contributed by atoms with Gasteiger partial charge in [0.25, 0.3) is 0 Å². The molecule has 0 saturated heterocycles. The summed E-state index contributed by atoms with van der Waals surface area (Å²) in [6, 6.07) is 0. The topological polar surface area (TPSA) is 46.2 Å². The van der Waals surface area contributed by atoms with Gasteiger partial charge in [-0.25, -0.2) is 8.42 Å². The second kappa shape index (κ2) is 8.11. The van der Waals surface area contributed by atoms with Crippen molar-refractivity contribution in [2.45, 2.75) is 40.0 Å². The first-order valence-electron chi connectivity index (χ1n) is 5.93. The van der Waals surface area contributed by atoms with Gasteiger partial charge in [0.1, 0.15) is 9.84 Å². The standard InChI is InChI=1S/C11H25NO2S/c1-4-8-12-10-11(3)7-6-9-15(13,14)5-2/h11-12H,4-10H2,1-3H3. The van der Waals surface area contributed by atoms with E-state index in [2.05, 4.69) is 19.2 Å². The summed E-state index contributed by atoms with van der Waals surface area (Å²) in [7, 11) is -2.76. The van der Waals surface area contributed by atoms with Crippen LogP contribution in [-0.2, 0) is 9.84 Å². The minimum absolute atomic E-state index is 0.273. The van der Waals surface area contributed by atoms with Crippen molar-refractivity contribution in [2.24, 2.45) is 5.92 Å². The van der Waals surface area contributed by atoms with Gasteiger partial charge in [-0.2, -0.15) is 0 Å². The Morgan fingerprint density at radius 2 is 1.93 bits per heavy atom. The molecule has 0 aliphatic rings. The zero-order valence-corrected chi connectivity index (χ0v) is 11.1. The van der Waals surface area contributed by atoms with Gasteiger partial charge in [-0.3, -0.25) is 0 Å². The Balaban J connectivity index is 3.50. The highest BCUT2D eigenvalue weighted by Crippen LogP contribution is 2.06. The maximum absolute atomic E-state index is 11.2. The summed E-state index contributed by atoms with van der Waals surface area (Å²) in [5, 5.41) is 3.35. The normalized spacial score (nSPS) is 14.1. The fourth-order valence-corrected chi connectivity index (χ4v) is 2.32. The molecule has 92 valence electrons. The lowest BCUT2D eigenvalue weighted by atomic mass is 10.1. The maximum atomic E-state index is 11.2. The molecule has 0 aromatic rings. The molecule has 15 heavy (non-hydrogen) atoms. The highest BCUT2D eigenvalue weighted by molar-refractivity contribution is 7.91. The van der Waals surface area contributed by atoms with Crippen LogP contribution in [0.2, 0.25) is 0 Å². The molecule has 0 heterocycles. The Labute approximate surface area is 94.6 Å². The molecule has 1 atom stereocenters. The van der Waals surface area contributed by atoms with Gasteiger partial charge in [0, 0.05) is 5.75 Å². The summed E-state index contributed by atoms with van der Waals surface area (Å²) in [6.07, 6.45) is 2.94. The molecule has 4 heteroatoms. The van der Waals surface area contributed by atoms with Crippen molar-refractivity contribution in [1.82, 2.24) is 5.32 Å². The molecule has 0 aliphatic heterocycles. The van der Waals surface area contributed by atoms with Gasteiger partial charge in [-0.1, -0.05) is 20.8 Å². The summed E-state index contributed by atoms with van der Waals surface area (Å²) < 4.78 is 22.5. The second-order valence-corrected chi connectivity index (χ2v) is 6.66. The van der Waals surface area contributed by atoms with E-state index in [1.54, 1.807) is 6.92 Å². The predicted octanol–water partition coefficient (Wildman–Crippen LogP) is 1.84. The van der Waals surface area contributed by atoms with Gasteiger partial charge in [0.15, 0.2) is 0 Å². The van der Waals surface area contributed by atoms with Gasteiger partial charge in [0.2, 0.25) is 0 Å². The molecular formula is C11H25NO2S. The Hall–Kier alpha value is -0.0900. The Morgan fingerprint density at radius 3 is 2.47 bits per heavy atom. The average molecular weight is 235 g/mol. The van der Waals surface area contributed by atoms with Gasteiger partial charge in [0.05, 0.1) is 5.75 Å². The molecule has 0 spiro atoms. The predicted molar refractivity (Wildman–Crippen MR) is 65.9 cm³/mol. The zero-order valence-electron chi connectivity index (χ0n) is 10.3. The summed E-state index contributed by atoms with van der Waals surface area (Å²) in [4.78, 5) is 0. The van der Waals surface area contributed by atoms with E-state index in [1.165, 1.54) is 0 Å². The minimum atomic E-state index is -2.76. The summed E-state index contributed by atoms with van der Waals surface area (Å²) >= 11 is 0. The lowest BCUT2D eigenvalue weighted by Gasteiger charge is -2.11. The molecule has 0 fully saturated rings. The third kappa shape index (κ3) is 8.88. The van der Waals surface area contributed by atoms with Crippen LogP contribution in [0.15, 0.2) is 0 Å². The van der Waals surface area contributed by atoms with Crippen LogP contribution in [0.4, 0.5) is 0 Å². The SMILES string of the molecule is CCCNCC(C)CCCS(=O)(=O)CC. The van der Waals surface area contributed by atoms with E-state index >= 15 is 0 Å². The highest BCUT2D eigenvalue weighted by atomic mass is 32.2. The smallest absolute Gasteiger partial charge is 0.150 e. The van der Waals surface area contributed by atoms with Gasteiger partial charge in [-0.15, -0.1) is 0 Å². The van der Waals surface area contributed by atoms with E-state index in [0.29, 0.717) is 11.7 Å². The number of sulfone groups is 1. The van der Waals surface area contributed by atoms with Crippen LogP contribution in [0.5, 0.6) is 0 Å². The molecular weight excluding hydrogens is 210 g/mol. The first-order chi connectivity index (χ1) is 7.02. The third-order valence-electron chi connectivity index (χ3n) is 2.51. The molecule has 0 radical (unpaired) electrons. The average Bonchev–Trinajstić information content (AvgIpc) is 2.18. The van der Waals surface area contributed by atoms with Gasteiger partial charge < -0.3 is 5.32 Å².